The predicted molar refractivity (Wildman–Crippen MR) is 72.2 cm³/mol. The van der Waals surface area contributed by atoms with Crippen LogP contribution in [-0.4, -0.2) is 11.5 Å². The molecule has 0 spiro atoms. The van der Waals surface area contributed by atoms with Crippen molar-refractivity contribution in [1.29, 1.82) is 0 Å². The fraction of sp³-hybridized carbons (Fsp3) is 0.0667. The zero-order chi connectivity index (χ0) is 11.7. The summed E-state index contributed by atoms with van der Waals surface area (Å²) in [6.45, 7) is 4.08. The van der Waals surface area contributed by atoms with Crippen LogP contribution in [0.2, 0.25) is 0 Å². The summed E-state index contributed by atoms with van der Waals surface area (Å²) in [6.07, 6.45) is 7.13. The van der Waals surface area contributed by atoms with Crippen molar-refractivity contribution in [2.45, 2.75) is 6.42 Å². The molecule has 0 saturated carbocycles. The number of allylic oxidation sites excluding steroid dienone is 3. The van der Waals surface area contributed by atoms with Gasteiger partial charge in [0.25, 0.3) is 0 Å². The van der Waals surface area contributed by atoms with E-state index in [1.807, 2.05) is 36.4 Å². The number of aliphatic imine (C=N–C) groups is 2. The Balaban J connectivity index is 1.95. The van der Waals surface area contributed by atoms with Gasteiger partial charge in [0.05, 0.1) is 11.4 Å². The first-order chi connectivity index (χ1) is 8.34. The first-order valence-corrected chi connectivity index (χ1v) is 5.64. The third kappa shape index (κ3) is 1.78. The Hall–Kier alpha value is -2.22. The average molecular weight is 220 g/mol. The van der Waals surface area contributed by atoms with E-state index in [2.05, 4.69) is 28.7 Å². The summed E-state index contributed by atoms with van der Waals surface area (Å²) in [6, 6.07) is 10.0. The third-order valence-electron chi connectivity index (χ3n) is 2.83. The SMILES string of the molecule is C=C(C1=NC2=CCC=CC2=N1)c1ccccc1. The van der Waals surface area contributed by atoms with E-state index < -0.39 is 0 Å². The molecule has 0 fully saturated rings. The van der Waals surface area contributed by atoms with Gasteiger partial charge in [0.1, 0.15) is 0 Å². The highest BCUT2D eigenvalue weighted by atomic mass is 15.0. The summed E-state index contributed by atoms with van der Waals surface area (Å²) in [5, 5.41) is 0. The Kier molecular flexibility index (Phi) is 2.33. The largest absolute Gasteiger partial charge is 0.227 e. The van der Waals surface area contributed by atoms with Crippen molar-refractivity contribution >= 4 is 17.1 Å². The van der Waals surface area contributed by atoms with Crippen molar-refractivity contribution in [2.75, 3.05) is 0 Å². The number of rotatable bonds is 2. The molecule has 1 aliphatic carbocycles. The molecule has 1 aromatic rings. The lowest BCUT2D eigenvalue weighted by Crippen LogP contribution is -1.96. The molecule has 2 heteroatoms. The molecule has 1 heterocycles. The van der Waals surface area contributed by atoms with E-state index in [1.165, 1.54) is 0 Å². The van der Waals surface area contributed by atoms with Crippen LogP contribution in [0.1, 0.15) is 12.0 Å². The Morgan fingerprint density at radius 1 is 1.12 bits per heavy atom. The van der Waals surface area contributed by atoms with E-state index in [9.17, 15) is 0 Å². The fourth-order valence-electron chi connectivity index (χ4n) is 1.90. The molecule has 0 radical (unpaired) electrons. The topological polar surface area (TPSA) is 24.7 Å². The minimum absolute atomic E-state index is 0.726. The molecule has 1 aromatic carbocycles. The lowest BCUT2D eigenvalue weighted by Gasteiger charge is -2.01. The summed E-state index contributed by atoms with van der Waals surface area (Å²) >= 11 is 0. The van der Waals surface area contributed by atoms with Gasteiger partial charge in [-0.15, -0.1) is 0 Å². The van der Waals surface area contributed by atoms with Gasteiger partial charge in [-0.2, -0.15) is 0 Å². The monoisotopic (exact) mass is 220 g/mol. The van der Waals surface area contributed by atoms with Crippen molar-refractivity contribution in [3.05, 3.63) is 66.4 Å². The van der Waals surface area contributed by atoms with Crippen LogP contribution in [0.4, 0.5) is 0 Å². The van der Waals surface area contributed by atoms with Crippen molar-refractivity contribution in [3.8, 4) is 0 Å². The molecular weight excluding hydrogens is 208 g/mol. The van der Waals surface area contributed by atoms with Crippen LogP contribution in [0.5, 0.6) is 0 Å². The van der Waals surface area contributed by atoms with Crippen LogP contribution in [-0.2, 0) is 0 Å². The lowest BCUT2D eigenvalue weighted by molar-refractivity contribution is 1.31. The second-order valence-electron chi connectivity index (χ2n) is 4.00. The second-order valence-corrected chi connectivity index (χ2v) is 4.00. The van der Waals surface area contributed by atoms with Gasteiger partial charge < -0.3 is 0 Å². The van der Waals surface area contributed by atoms with Crippen LogP contribution < -0.4 is 0 Å². The molecule has 0 saturated heterocycles. The summed E-state index contributed by atoms with van der Waals surface area (Å²) in [5.41, 5.74) is 3.86. The van der Waals surface area contributed by atoms with Crippen LogP contribution in [0.3, 0.4) is 0 Å². The van der Waals surface area contributed by atoms with Gasteiger partial charge in [-0.25, -0.2) is 9.98 Å². The first kappa shape index (κ1) is 9.97. The molecule has 0 N–H and O–H groups in total. The van der Waals surface area contributed by atoms with Crippen molar-refractivity contribution in [2.24, 2.45) is 9.98 Å². The number of hydrogen-bond donors (Lipinski definition) is 0. The van der Waals surface area contributed by atoms with E-state index in [1.54, 1.807) is 0 Å². The maximum Gasteiger partial charge on any atom is 0.160 e. The minimum Gasteiger partial charge on any atom is -0.227 e. The maximum atomic E-state index is 4.51. The normalized spacial score (nSPS) is 17.1. The summed E-state index contributed by atoms with van der Waals surface area (Å²) in [4.78, 5) is 9.01. The molecule has 1 aliphatic heterocycles. The van der Waals surface area contributed by atoms with Gasteiger partial charge in [0.15, 0.2) is 5.84 Å². The number of nitrogens with zero attached hydrogens (tertiary/aromatic N) is 2. The minimum atomic E-state index is 0.726. The van der Waals surface area contributed by atoms with Crippen LogP contribution >= 0.6 is 0 Å². The molecule has 0 bridgehead atoms. The average Bonchev–Trinajstić information content (AvgIpc) is 2.82. The van der Waals surface area contributed by atoms with Crippen molar-refractivity contribution in [3.63, 3.8) is 0 Å². The van der Waals surface area contributed by atoms with Gasteiger partial charge in [-0.3, -0.25) is 0 Å². The van der Waals surface area contributed by atoms with E-state index in [0.717, 1.165) is 34.8 Å². The van der Waals surface area contributed by atoms with Crippen LogP contribution in [0.15, 0.2) is 70.8 Å². The summed E-state index contributed by atoms with van der Waals surface area (Å²) in [5.74, 6) is 0.726. The smallest absolute Gasteiger partial charge is 0.160 e. The number of benzene rings is 1. The molecule has 2 aliphatic rings. The quantitative estimate of drug-likeness (QED) is 0.729. The van der Waals surface area contributed by atoms with Gasteiger partial charge in [0, 0.05) is 5.57 Å². The summed E-state index contributed by atoms with van der Waals surface area (Å²) < 4.78 is 0. The predicted octanol–water partition coefficient (Wildman–Crippen LogP) is 3.40. The molecule has 2 nitrogen and oxygen atoms in total. The molecule has 0 unspecified atom stereocenters. The number of amidine groups is 1. The number of fused-ring (bicyclic) bond motifs is 1. The first-order valence-electron chi connectivity index (χ1n) is 5.64. The molecule has 0 amide bonds. The van der Waals surface area contributed by atoms with Crippen molar-refractivity contribution in [1.82, 2.24) is 0 Å². The van der Waals surface area contributed by atoms with Gasteiger partial charge in [-0.05, 0) is 18.1 Å². The molecule has 0 aromatic heterocycles. The second kappa shape index (κ2) is 3.98. The molecule has 0 atom stereocenters. The van der Waals surface area contributed by atoms with Crippen LogP contribution in [0, 0.1) is 0 Å². The molecule has 17 heavy (non-hydrogen) atoms. The molecular formula is C15H12N2. The third-order valence-corrected chi connectivity index (χ3v) is 2.83. The summed E-state index contributed by atoms with van der Waals surface area (Å²) in [7, 11) is 0. The van der Waals surface area contributed by atoms with Crippen molar-refractivity contribution < 1.29 is 0 Å². The standard InChI is InChI=1S/C15H12N2/c1-11(12-7-3-2-4-8-12)15-16-13-9-5-6-10-14(13)17-15/h2-5,7-10H,1,6H2. The highest BCUT2D eigenvalue weighted by Crippen LogP contribution is 2.23. The highest BCUT2D eigenvalue weighted by molar-refractivity contribution is 6.32. The number of hydrogen-bond acceptors (Lipinski definition) is 2. The van der Waals surface area contributed by atoms with Gasteiger partial charge in [-0.1, -0.05) is 49.1 Å². The van der Waals surface area contributed by atoms with E-state index in [0.29, 0.717) is 0 Å². The Morgan fingerprint density at radius 2 is 1.94 bits per heavy atom. The molecule has 82 valence electrons. The van der Waals surface area contributed by atoms with E-state index in [4.69, 9.17) is 0 Å². The van der Waals surface area contributed by atoms with Gasteiger partial charge >= 0.3 is 0 Å². The molecule has 3 rings (SSSR count). The zero-order valence-corrected chi connectivity index (χ0v) is 9.43. The maximum absolute atomic E-state index is 4.51. The Bertz CT molecular complexity index is 587. The lowest BCUT2D eigenvalue weighted by atomic mass is 10.1. The highest BCUT2D eigenvalue weighted by Gasteiger charge is 2.18. The van der Waals surface area contributed by atoms with Gasteiger partial charge in [0.2, 0.25) is 0 Å². The Labute approximate surface area is 100 Å². The fourth-order valence-corrected chi connectivity index (χ4v) is 1.90. The van der Waals surface area contributed by atoms with Crippen LogP contribution in [0.25, 0.3) is 5.57 Å². The van der Waals surface area contributed by atoms with E-state index >= 15 is 0 Å². The van der Waals surface area contributed by atoms with E-state index in [-0.39, 0.29) is 0 Å². The zero-order valence-electron chi connectivity index (χ0n) is 9.43. The Morgan fingerprint density at radius 3 is 2.71 bits per heavy atom.